The smallest absolute Gasteiger partial charge is 0.360 e. The lowest BCUT2D eigenvalue weighted by Crippen LogP contribution is -2.24. The van der Waals surface area contributed by atoms with E-state index in [0.29, 0.717) is 12.2 Å². The molecule has 19 heavy (non-hydrogen) atoms. The molecule has 0 bridgehead atoms. The van der Waals surface area contributed by atoms with Crippen LogP contribution < -0.4 is 5.32 Å². The first-order valence-electron chi connectivity index (χ1n) is 6.45. The highest BCUT2D eigenvalue weighted by Gasteiger charge is 2.29. The summed E-state index contributed by atoms with van der Waals surface area (Å²) in [6.07, 6.45) is 2.06. The van der Waals surface area contributed by atoms with Crippen LogP contribution in [-0.4, -0.2) is 47.8 Å². The summed E-state index contributed by atoms with van der Waals surface area (Å²) in [4.78, 5) is 11.8. The zero-order chi connectivity index (χ0) is 13.8. The number of methoxy groups -OCH3 is 2. The van der Waals surface area contributed by atoms with Gasteiger partial charge in [-0.05, 0) is 26.3 Å². The van der Waals surface area contributed by atoms with Gasteiger partial charge in [0, 0.05) is 7.11 Å². The van der Waals surface area contributed by atoms with Crippen LogP contribution in [-0.2, 0) is 16.0 Å². The van der Waals surface area contributed by atoms with E-state index in [0.717, 1.165) is 25.1 Å². The number of ether oxygens (including phenoxy) is 2. The number of nitrogens with zero attached hydrogens (tertiary/aromatic N) is 3. The van der Waals surface area contributed by atoms with Gasteiger partial charge in [0.25, 0.3) is 0 Å². The van der Waals surface area contributed by atoms with Crippen LogP contribution in [0.4, 0.5) is 0 Å². The van der Waals surface area contributed by atoms with Gasteiger partial charge in [-0.1, -0.05) is 5.21 Å². The van der Waals surface area contributed by atoms with Crippen LogP contribution in [0.15, 0.2) is 0 Å². The minimum absolute atomic E-state index is 0.00681. The summed E-state index contributed by atoms with van der Waals surface area (Å²) in [5.74, 6) is -0.444. The van der Waals surface area contributed by atoms with Gasteiger partial charge in [0.2, 0.25) is 0 Å². The lowest BCUT2D eigenvalue weighted by molar-refractivity contribution is 0.0591. The van der Waals surface area contributed by atoms with E-state index in [4.69, 9.17) is 9.47 Å². The van der Waals surface area contributed by atoms with E-state index in [1.807, 2.05) is 6.92 Å². The topological polar surface area (TPSA) is 78.3 Å². The number of hydrogen-bond donors (Lipinski definition) is 1. The molecule has 1 aromatic heterocycles. The van der Waals surface area contributed by atoms with Gasteiger partial charge >= 0.3 is 5.97 Å². The van der Waals surface area contributed by atoms with Gasteiger partial charge in [-0.15, -0.1) is 5.10 Å². The van der Waals surface area contributed by atoms with Crippen molar-refractivity contribution in [1.82, 2.24) is 20.3 Å². The summed E-state index contributed by atoms with van der Waals surface area (Å²) < 4.78 is 11.7. The third-order valence-electron chi connectivity index (χ3n) is 3.37. The van der Waals surface area contributed by atoms with Crippen molar-refractivity contribution in [3.05, 3.63) is 11.4 Å². The second kappa shape index (κ2) is 6.12. The van der Waals surface area contributed by atoms with Crippen LogP contribution in [0.1, 0.15) is 42.0 Å². The van der Waals surface area contributed by atoms with Crippen molar-refractivity contribution in [2.75, 3.05) is 20.8 Å². The number of carbonyl (C=O) groups is 1. The van der Waals surface area contributed by atoms with E-state index in [1.165, 1.54) is 7.11 Å². The van der Waals surface area contributed by atoms with Gasteiger partial charge in [0.1, 0.15) is 0 Å². The fraction of sp³-hybridized carbons (Fsp3) is 0.750. The third kappa shape index (κ3) is 2.93. The molecule has 0 amide bonds. The summed E-state index contributed by atoms with van der Waals surface area (Å²) in [7, 11) is 3.00. The number of aromatic nitrogens is 3. The molecule has 0 saturated carbocycles. The van der Waals surface area contributed by atoms with Gasteiger partial charge < -0.3 is 14.8 Å². The molecular formula is C12H20N4O3. The molecule has 0 aliphatic carbocycles. The van der Waals surface area contributed by atoms with Crippen molar-refractivity contribution < 1.29 is 14.3 Å². The average Bonchev–Trinajstić information content (AvgIpc) is 3.06. The van der Waals surface area contributed by atoms with E-state index in [2.05, 4.69) is 15.6 Å². The Balaban J connectivity index is 2.31. The first-order valence-corrected chi connectivity index (χ1v) is 6.45. The summed E-state index contributed by atoms with van der Waals surface area (Å²) in [5, 5.41) is 11.4. The minimum Gasteiger partial charge on any atom is -0.464 e. The molecule has 1 saturated heterocycles. The molecule has 7 heteroatoms. The van der Waals surface area contributed by atoms with E-state index in [1.54, 1.807) is 11.8 Å². The van der Waals surface area contributed by atoms with Crippen molar-refractivity contribution >= 4 is 5.97 Å². The monoisotopic (exact) mass is 268 g/mol. The first-order chi connectivity index (χ1) is 9.17. The van der Waals surface area contributed by atoms with Gasteiger partial charge in [-0.2, -0.15) is 0 Å². The summed E-state index contributed by atoms with van der Waals surface area (Å²) >= 11 is 0. The minimum atomic E-state index is -0.444. The van der Waals surface area contributed by atoms with Crippen LogP contribution in [0.25, 0.3) is 0 Å². The van der Waals surface area contributed by atoms with E-state index in [9.17, 15) is 4.79 Å². The Hall–Kier alpha value is -1.47. The first kappa shape index (κ1) is 14.0. The van der Waals surface area contributed by atoms with Crippen LogP contribution in [0.5, 0.6) is 0 Å². The largest absolute Gasteiger partial charge is 0.464 e. The Morgan fingerprint density at radius 3 is 2.95 bits per heavy atom. The second-order valence-electron chi connectivity index (χ2n) is 4.69. The third-order valence-corrected chi connectivity index (χ3v) is 3.37. The molecule has 0 radical (unpaired) electrons. The highest BCUT2D eigenvalue weighted by Crippen LogP contribution is 2.25. The van der Waals surface area contributed by atoms with Crippen LogP contribution in [0, 0.1) is 0 Å². The normalized spacial score (nSPS) is 20.5. The predicted octanol–water partition coefficient (Wildman–Crippen LogP) is 0.524. The fourth-order valence-corrected chi connectivity index (χ4v) is 2.28. The lowest BCUT2D eigenvalue weighted by atomic mass is 10.1. The van der Waals surface area contributed by atoms with Crippen molar-refractivity contribution in [3.63, 3.8) is 0 Å². The predicted molar refractivity (Wildman–Crippen MR) is 67.8 cm³/mol. The SMILES string of the molecule is COC(=O)c1nnn(CC(C)OC)c1C1CCCN1. The highest BCUT2D eigenvalue weighted by molar-refractivity contribution is 5.88. The van der Waals surface area contributed by atoms with E-state index in [-0.39, 0.29) is 12.1 Å². The molecule has 2 heterocycles. The standard InChI is InChI=1S/C12H20N4O3/c1-8(18-2)7-16-11(9-5-4-6-13-9)10(14-15-16)12(17)19-3/h8-9,13H,4-7H2,1-3H3. The molecule has 106 valence electrons. The Bertz CT molecular complexity index is 440. The molecule has 1 aliphatic heterocycles. The fourth-order valence-electron chi connectivity index (χ4n) is 2.28. The Morgan fingerprint density at radius 2 is 2.37 bits per heavy atom. The quantitative estimate of drug-likeness (QED) is 0.785. The molecule has 1 aliphatic rings. The molecule has 2 rings (SSSR count). The number of nitrogens with one attached hydrogen (secondary N) is 1. The lowest BCUT2D eigenvalue weighted by Gasteiger charge is -2.16. The summed E-state index contributed by atoms with van der Waals surface area (Å²) in [6, 6.07) is 0.105. The highest BCUT2D eigenvalue weighted by atomic mass is 16.5. The van der Waals surface area contributed by atoms with E-state index >= 15 is 0 Å². The maximum atomic E-state index is 11.8. The number of carbonyl (C=O) groups excluding carboxylic acids is 1. The molecule has 1 aromatic rings. The molecule has 2 atom stereocenters. The Labute approximate surface area is 112 Å². The Kier molecular flexibility index (Phi) is 4.49. The molecular weight excluding hydrogens is 248 g/mol. The van der Waals surface area contributed by atoms with Crippen molar-refractivity contribution in [3.8, 4) is 0 Å². The summed E-state index contributed by atoms with van der Waals surface area (Å²) in [6.45, 7) is 3.45. The van der Waals surface area contributed by atoms with Gasteiger partial charge in [-0.25, -0.2) is 9.48 Å². The maximum absolute atomic E-state index is 11.8. The molecule has 1 fully saturated rings. The number of esters is 1. The van der Waals surface area contributed by atoms with Gasteiger partial charge in [0.15, 0.2) is 5.69 Å². The number of hydrogen-bond acceptors (Lipinski definition) is 6. The molecule has 0 aromatic carbocycles. The molecule has 7 nitrogen and oxygen atoms in total. The number of rotatable bonds is 5. The van der Waals surface area contributed by atoms with Crippen molar-refractivity contribution in [2.45, 2.75) is 38.5 Å². The second-order valence-corrected chi connectivity index (χ2v) is 4.69. The molecule has 0 spiro atoms. The van der Waals surface area contributed by atoms with Gasteiger partial charge in [-0.3, -0.25) is 0 Å². The van der Waals surface area contributed by atoms with E-state index < -0.39 is 5.97 Å². The van der Waals surface area contributed by atoms with Crippen molar-refractivity contribution in [2.24, 2.45) is 0 Å². The zero-order valence-electron chi connectivity index (χ0n) is 11.5. The zero-order valence-corrected chi connectivity index (χ0v) is 11.5. The molecule has 1 N–H and O–H groups in total. The van der Waals surface area contributed by atoms with Gasteiger partial charge in [0.05, 0.1) is 31.5 Å². The summed E-state index contributed by atoms with van der Waals surface area (Å²) in [5.41, 5.74) is 1.10. The van der Waals surface area contributed by atoms with Crippen LogP contribution in [0.3, 0.4) is 0 Å². The maximum Gasteiger partial charge on any atom is 0.360 e. The molecule has 2 unspecified atom stereocenters. The van der Waals surface area contributed by atoms with Crippen molar-refractivity contribution in [1.29, 1.82) is 0 Å². The van der Waals surface area contributed by atoms with Crippen LogP contribution in [0.2, 0.25) is 0 Å². The van der Waals surface area contributed by atoms with Crippen LogP contribution >= 0.6 is 0 Å². The Morgan fingerprint density at radius 1 is 1.58 bits per heavy atom. The average molecular weight is 268 g/mol.